The Balaban J connectivity index is 1.75. The van der Waals surface area contributed by atoms with Crippen LogP contribution in [0, 0.1) is 0 Å². The first kappa shape index (κ1) is 14.7. The van der Waals surface area contributed by atoms with Gasteiger partial charge in [-0.1, -0.05) is 37.3 Å². The van der Waals surface area contributed by atoms with Crippen molar-refractivity contribution in [2.45, 2.75) is 63.8 Å². The standard InChI is InChI=1S/C15H22N4OS/c1-10(16)15-17-12(9-21-15)14-18-13(19-20-14)11-7-5-3-2-4-6-8-11/h9-11H,2-8,16H2,1H3. The van der Waals surface area contributed by atoms with Crippen molar-refractivity contribution in [3.63, 3.8) is 0 Å². The summed E-state index contributed by atoms with van der Waals surface area (Å²) in [6.45, 7) is 1.93. The van der Waals surface area contributed by atoms with E-state index in [0.717, 1.165) is 16.5 Å². The van der Waals surface area contributed by atoms with Crippen molar-refractivity contribution in [2.75, 3.05) is 0 Å². The number of rotatable bonds is 3. The Hall–Kier alpha value is -1.27. The molecule has 3 rings (SSSR count). The Kier molecular flexibility index (Phi) is 4.65. The van der Waals surface area contributed by atoms with Gasteiger partial charge in [-0.05, 0) is 19.8 Å². The largest absolute Gasteiger partial charge is 0.332 e. The number of nitrogens with zero attached hydrogens (tertiary/aromatic N) is 3. The van der Waals surface area contributed by atoms with E-state index in [9.17, 15) is 0 Å². The van der Waals surface area contributed by atoms with Gasteiger partial charge in [-0.15, -0.1) is 11.3 Å². The van der Waals surface area contributed by atoms with Gasteiger partial charge >= 0.3 is 0 Å². The molecule has 0 aromatic carbocycles. The Morgan fingerprint density at radius 2 is 1.90 bits per heavy atom. The van der Waals surface area contributed by atoms with E-state index in [1.807, 2.05) is 12.3 Å². The van der Waals surface area contributed by atoms with Gasteiger partial charge in [-0.3, -0.25) is 0 Å². The van der Waals surface area contributed by atoms with E-state index in [4.69, 9.17) is 10.3 Å². The number of aromatic nitrogens is 3. The normalized spacial score (nSPS) is 19.1. The summed E-state index contributed by atoms with van der Waals surface area (Å²) in [7, 11) is 0. The molecular formula is C15H22N4OS. The average molecular weight is 306 g/mol. The van der Waals surface area contributed by atoms with Crippen LogP contribution in [-0.2, 0) is 0 Å². The van der Waals surface area contributed by atoms with Crippen LogP contribution in [0.1, 0.15) is 74.7 Å². The quantitative estimate of drug-likeness (QED) is 0.926. The molecule has 1 aliphatic rings. The zero-order valence-corrected chi connectivity index (χ0v) is 13.2. The SMILES string of the molecule is CC(N)c1nc(-c2nc(C3CCCCCCC3)no2)cs1. The summed E-state index contributed by atoms with van der Waals surface area (Å²) in [5, 5.41) is 7.03. The molecule has 0 spiro atoms. The van der Waals surface area contributed by atoms with Crippen molar-refractivity contribution in [1.82, 2.24) is 15.1 Å². The van der Waals surface area contributed by atoms with Crippen LogP contribution in [0.25, 0.3) is 11.6 Å². The third-order valence-electron chi connectivity index (χ3n) is 4.04. The molecule has 6 heteroatoms. The molecular weight excluding hydrogens is 284 g/mol. The maximum atomic E-state index is 5.84. The van der Waals surface area contributed by atoms with Crippen molar-refractivity contribution < 1.29 is 4.52 Å². The highest BCUT2D eigenvalue weighted by molar-refractivity contribution is 7.10. The lowest BCUT2D eigenvalue weighted by Gasteiger charge is -2.15. The van der Waals surface area contributed by atoms with Gasteiger partial charge in [-0.2, -0.15) is 4.98 Å². The van der Waals surface area contributed by atoms with Crippen molar-refractivity contribution >= 4 is 11.3 Å². The Bertz CT molecular complexity index is 570. The van der Waals surface area contributed by atoms with Gasteiger partial charge in [0.1, 0.15) is 10.7 Å². The van der Waals surface area contributed by atoms with Crippen LogP contribution in [0.2, 0.25) is 0 Å². The highest BCUT2D eigenvalue weighted by atomic mass is 32.1. The lowest BCUT2D eigenvalue weighted by Crippen LogP contribution is -2.04. The second-order valence-corrected chi connectivity index (χ2v) is 6.75. The van der Waals surface area contributed by atoms with Gasteiger partial charge in [0, 0.05) is 11.3 Å². The van der Waals surface area contributed by atoms with Crippen LogP contribution in [0.3, 0.4) is 0 Å². The van der Waals surface area contributed by atoms with Gasteiger partial charge < -0.3 is 10.3 Å². The number of thiazole rings is 1. The Labute approximate surface area is 129 Å². The van der Waals surface area contributed by atoms with Crippen LogP contribution in [0.4, 0.5) is 0 Å². The van der Waals surface area contributed by atoms with Crippen LogP contribution in [-0.4, -0.2) is 15.1 Å². The first-order valence-electron chi connectivity index (χ1n) is 7.79. The highest BCUT2D eigenvalue weighted by Gasteiger charge is 2.21. The number of nitrogens with two attached hydrogens (primary N) is 1. The van der Waals surface area contributed by atoms with Crippen LogP contribution in [0.5, 0.6) is 0 Å². The molecule has 0 aliphatic heterocycles. The number of hydrogen-bond acceptors (Lipinski definition) is 6. The molecule has 21 heavy (non-hydrogen) atoms. The summed E-state index contributed by atoms with van der Waals surface area (Å²) in [4.78, 5) is 9.04. The van der Waals surface area contributed by atoms with Crippen LogP contribution < -0.4 is 5.73 Å². The fourth-order valence-corrected chi connectivity index (χ4v) is 3.57. The molecule has 1 saturated carbocycles. The second-order valence-electron chi connectivity index (χ2n) is 5.86. The molecule has 0 radical (unpaired) electrons. The van der Waals surface area contributed by atoms with Gasteiger partial charge in [0.2, 0.25) is 0 Å². The molecule has 2 aromatic rings. The van der Waals surface area contributed by atoms with Crippen LogP contribution >= 0.6 is 11.3 Å². The van der Waals surface area contributed by atoms with E-state index in [1.165, 1.54) is 56.3 Å². The van der Waals surface area contributed by atoms with Crippen molar-refractivity contribution in [1.29, 1.82) is 0 Å². The lowest BCUT2D eigenvalue weighted by molar-refractivity contribution is 0.392. The smallest absolute Gasteiger partial charge is 0.277 e. The predicted molar refractivity (Wildman–Crippen MR) is 83.1 cm³/mol. The van der Waals surface area contributed by atoms with Crippen molar-refractivity contribution in [3.8, 4) is 11.6 Å². The van der Waals surface area contributed by atoms with E-state index >= 15 is 0 Å². The summed E-state index contributed by atoms with van der Waals surface area (Å²) in [6, 6.07) is -0.0586. The Morgan fingerprint density at radius 3 is 2.57 bits per heavy atom. The summed E-state index contributed by atoms with van der Waals surface area (Å²) >= 11 is 1.54. The minimum absolute atomic E-state index is 0.0586. The van der Waals surface area contributed by atoms with Gasteiger partial charge in [0.25, 0.3) is 5.89 Å². The predicted octanol–water partition coefficient (Wildman–Crippen LogP) is 4.04. The minimum Gasteiger partial charge on any atom is -0.332 e. The molecule has 114 valence electrons. The first-order chi connectivity index (χ1) is 10.2. The molecule has 2 heterocycles. The minimum atomic E-state index is -0.0586. The maximum absolute atomic E-state index is 5.84. The lowest BCUT2D eigenvalue weighted by atomic mass is 9.91. The van der Waals surface area contributed by atoms with Gasteiger partial charge in [0.05, 0.1) is 6.04 Å². The summed E-state index contributed by atoms with van der Waals surface area (Å²) in [5.74, 6) is 1.81. The highest BCUT2D eigenvalue weighted by Crippen LogP contribution is 2.31. The molecule has 1 atom stereocenters. The van der Waals surface area contributed by atoms with E-state index in [2.05, 4.69) is 15.1 Å². The molecule has 2 N–H and O–H groups in total. The van der Waals surface area contributed by atoms with Crippen molar-refractivity contribution in [2.24, 2.45) is 5.73 Å². The van der Waals surface area contributed by atoms with E-state index in [-0.39, 0.29) is 6.04 Å². The van der Waals surface area contributed by atoms with E-state index < -0.39 is 0 Å². The summed E-state index contributed by atoms with van der Waals surface area (Å²) in [6.07, 6.45) is 8.88. The Morgan fingerprint density at radius 1 is 1.19 bits per heavy atom. The molecule has 1 fully saturated rings. The van der Waals surface area contributed by atoms with E-state index in [0.29, 0.717) is 11.8 Å². The zero-order valence-electron chi connectivity index (χ0n) is 12.4. The molecule has 1 aliphatic carbocycles. The summed E-state index contributed by atoms with van der Waals surface area (Å²) < 4.78 is 5.41. The molecule has 0 bridgehead atoms. The second kappa shape index (κ2) is 6.66. The van der Waals surface area contributed by atoms with Crippen molar-refractivity contribution in [3.05, 3.63) is 16.2 Å². The number of hydrogen-bond donors (Lipinski definition) is 1. The topological polar surface area (TPSA) is 77.8 Å². The fraction of sp³-hybridized carbons (Fsp3) is 0.667. The third kappa shape index (κ3) is 3.49. The first-order valence-corrected chi connectivity index (χ1v) is 8.67. The third-order valence-corrected chi connectivity index (χ3v) is 5.09. The molecule has 1 unspecified atom stereocenters. The zero-order chi connectivity index (χ0) is 14.7. The molecule has 0 amide bonds. The molecule has 2 aromatic heterocycles. The maximum Gasteiger partial charge on any atom is 0.277 e. The fourth-order valence-electron chi connectivity index (χ4n) is 2.81. The van der Waals surface area contributed by atoms with Gasteiger partial charge in [0.15, 0.2) is 5.82 Å². The van der Waals surface area contributed by atoms with Gasteiger partial charge in [-0.25, -0.2) is 4.98 Å². The molecule has 0 saturated heterocycles. The molecule has 5 nitrogen and oxygen atoms in total. The van der Waals surface area contributed by atoms with E-state index in [1.54, 1.807) is 0 Å². The van der Waals surface area contributed by atoms with Crippen LogP contribution in [0.15, 0.2) is 9.90 Å². The monoisotopic (exact) mass is 306 g/mol. The average Bonchev–Trinajstić information content (AvgIpc) is 3.07. The summed E-state index contributed by atoms with van der Waals surface area (Å²) in [5.41, 5.74) is 6.59.